The van der Waals surface area contributed by atoms with Crippen LogP contribution in [0.5, 0.6) is 11.5 Å². The number of aromatic nitrogens is 1. The summed E-state index contributed by atoms with van der Waals surface area (Å²) in [5.41, 5.74) is 1.08. The van der Waals surface area contributed by atoms with E-state index in [4.69, 9.17) is 4.74 Å². The number of fused-ring (bicyclic) bond motifs is 1. The van der Waals surface area contributed by atoms with Crippen LogP contribution in [0, 0.1) is 18.6 Å². The van der Waals surface area contributed by atoms with Crippen molar-refractivity contribution in [1.29, 1.82) is 0 Å². The number of ether oxygens (including phenoxy) is 1. The first-order valence-electron chi connectivity index (χ1n) is 10.5. The second kappa shape index (κ2) is 10.1. The van der Waals surface area contributed by atoms with Crippen LogP contribution in [0.4, 0.5) is 25.0 Å². The van der Waals surface area contributed by atoms with Gasteiger partial charge in [0.2, 0.25) is 0 Å². The lowest BCUT2D eigenvalue weighted by Gasteiger charge is -2.11. The Morgan fingerprint density at radius 2 is 1.78 bits per heavy atom. The Morgan fingerprint density at radius 1 is 1.03 bits per heavy atom. The third-order valence-electron chi connectivity index (χ3n) is 4.71. The van der Waals surface area contributed by atoms with E-state index in [2.05, 4.69) is 20.0 Å². The van der Waals surface area contributed by atoms with Crippen molar-refractivity contribution < 1.29 is 27.7 Å². The van der Waals surface area contributed by atoms with Gasteiger partial charge in [0.25, 0.3) is 5.91 Å². The number of nitrogens with zero attached hydrogens (tertiary/aromatic N) is 2. The molecule has 36 heavy (non-hydrogen) atoms. The minimum absolute atomic E-state index is 0.0272. The lowest BCUT2D eigenvalue weighted by molar-refractivity contribution is 0.101. The van der Waals surface area contributed by atoms with E-state index in [1.54, 1.807) is 25.1 Å². The Balaban J connectivity index is 1.51. The van der Waals surface area contributed by atoms with Crippen molar-refractivity contribution in [3.05, 3.63) is 76.8 Å². The van der Waals surface area contributed by atoms with Crippen LogP contribution < -0.4 is 15.4 Å². The smallest absolute Gasteiger partial charge is 0.323 e. The van der Waals surface area contributed by atoms with Crippen LogP contribution >= 0.6 is 11.3 Å². The molecule has 0 unspecified atom stereocenters. The van der Waals surface area contributed by atoms with Gasteiger partial charge in [-0.2, -0.15) is 4.36 Å². The van der Waals surface area contributed by atoms with Gasteiger partial charge in [0.1, 0.15) is 23.1 Å². The average Bonchev–Trinajstić information content (AvgIpc) is 3.23. The molecule has 3 amide bonds. The molecule has 8 nitrogen and oxygen atoms in total. The van der Waals surface area contributed by atoms with Gasteiger partial charge in [-0.25, -0.2) is 13.6 Å². The van der Waals surface area contributed by atoms with Gasteiger partial charge in [0.05, 0.1) is 26.5 Å². The second-order valence-corrected chi connectivity index (χ2v) is 12.1. The van der Waals surface area contributed by atoms with Crippen LogP contribution in [0.3, 0.4) is 0 Å². The standard InChI is InChI=1S/C24H22F2N4O4S2/c1-13-4-6-15(25)18(10-13)29-24(32)28-17-7-5-14(11-16(17)26)34-20-8-9-27-19-12-21(35-22(19)20)23(31)30-36(2,3)33/h4-12,36H,1-3H3,(H2,28,29,32)(H,30,31,33). The second-order valence-electron chi connectivity index (χ2n) is 8.18. The molecule has 4 aromatic rings. The summed E-state index contributed by atoms with van der Waals surface area (Å²) < 4.78 is 48.6. The summed E-state index contributed by atoms with van der Waals surface area (Å²) in [5.74, 6) is -1.45. The molecule has 0 aliphatic rings. The highest BCUT2D eigenvalue weighted by Gasteiger charge is 2.16. The van der Waals surface area contributed by atoms with E-state index < -0.39 is 33.7 Å². The molecular weight excluding hydrogens is 510 g/mol. The van der Waals surface area contributed by atoms with Crippen molar-refractivity contribution in [2.45, 2.75) is 6.92 Å². The zero-order valence-corrected chi connectivity index (χ0v) is 21.1. The summed E-state index contributed by atoms with van der Waals surface area (Å²) in [6, 6.07) is 10.4. The number of benzene rings is 2. The quantitative estimate of drug-likeness (QED) is 0.227. The van der Waals surface area contributed by atoms with E-state index in [1.807, 2.05) is 0 Å². The van der Waals surface area contributed by atoms with Crippen LogP contribution in [0.25, 0.3) is 10.2 Å². The van der Waals surface area contributed by atoms with Gasteiger partial charge < -0.3 is 19.9 Å². The summed E-state index contributed by atoms with van der Waals surface area (Å²) in [7, 11) is -2.66. The zero-order valence-electron chi connectivity index (χ0n) is 19.4. The molecule has 0 bridgehead atoms. The van der Waals surface area contributed by atoms with E-state index in [1.165, 1.54) is 43.0 Å². The summed E-state index contributed by atoms with van der Waals surface area (Å²) >= 11 is 1.10. The number of amides is 3. The molecule has 0 aliphatic carbocycles. The first-order valence-corrected chi connectivity index (χ1v) is 13.9. The van der Waals surface area contributed by atoms with Gasteiger partial charge in [-0.1, -0.05) is 6.07 Å². The van der Waals surface area contributed by atoms with Gasteiger partial charge in [-0.15, -0.1) is 21.4 Å². The van der Waals surface area contributed by atoms with Gasteiger partial charge in [0.15, 0.2) is 0 Å². The summed E-state index contributed by atoms with van der Waals surface area (Å²) in [4.78, 5) is 29.1. The van der Waals surface area contributed by atoms with Gasteiger partial charge in [-0.05, 0) is 55.3 Å². The average molecular weight is 533 g/mol. The first kappa shape index (κ1) is 25.4. The van der Waals surface area contributed by atoms with Crippen LogP contribution in [-0.2, 0) is 10.1 Å². The summed E-state index contributed by atoms with van der Waals surface area (Å²) in [5, 5.41) is 4.69. The number of carbonyl (C=O) groups excluding carboxylic acids is 2. The number of thiol groups is 1. The highest BCUT2D eigenvalue weighted by atomic mass is 32.3. The fourth-order valence-electron chi connectivity index (χ4n) is 3.17. The number of anilines is 2. The minimum atomic E-state index is -2.66. The number of rotatable bonds is 5. The molecule has 0 spiro atoms. The Hall–Kier alpha value is -3.74. The molecule has 188 valence electrons. The molecular formula is C24H22F2N4O4S2. The molecule has 2 heterocycles. The van der Waals surface area contributed by atoms with Crippen LogP contribution in [0.15, 0.2) is 59.1 Å². The Labute approximate surface area is 210 Å². The number of hydrogen-bond donors (Lipinski definition) is 4. The molecule has 0 saturated carbocycles. The normalized spacial score (nSPS) is 11.7. The molecule has 2 aromatic carbocycles. The van der Waals surface area contributed by atoms with Crippen molar-refractivity contribution >= 4 is 55.0 Å². The molecule has 0 atom stereocenters. The highest BCUT2D eigenvalue weighted by Crippen LogP contribution is 2.36. The number of carbonyl (C=O) groups is 2. The number of pyridine rings is 1. The van der Waals surface area contributed by atoms with E-state index in [0.29, 0.717) is 16.0 Å². The molecule has 12 heteroatoms. The Kier molecular flexibility index (Phi) is 7.11. The maximum atomic E-state index is 14.7. The number of halogens is 2. The number of hydrogen-bond acceptors (Lipinski definition) is 5. The van der Waals surface area contributed by atoms with Crippen molar-refractivity contribution in [1.82, 2.24) is 4.98 Å². The summed E-state index contributed by atoms with van der Waals surface area (Å²) in [6.45, 7) is 1.75. The van der Waals surface area contributed by atoms with E-state index in [0.717, 1.165) is 23.0 Å². The summed E-state index contributed by atoms with van der Waals surface area (Å²) in [6.07, 6.45) is 4.49. The maximum absolute atomic E-state index is 14.7. The molecule has 0 radical (unpaired) electrons. The predicted molar refractivity (Wildman–Crippen MR) is 140 cm³/mol. The number of urea groups is 1. The van der Waals surface area contributed by atoms with Gasteiger partial charge in [-0.3, -0.25) is 9.78 Å². The van der Waals surface area contributed by atoms with E-state index in [-0.39, 0.29) is 22.0 Å². The first-order chi connectivity index (χ1) is 17.0. The van der Waals surface area contributed by atoms with Crippen molar-refractivity contribution in [3.63, 3.8) is 0 Å². The largest absolute Gasteiger partial charge is 0.456 e. The van der Waals surface area contributed by atoms with Gasteiger partial charge >= 0.3 is 6.03 Å². The number of nitrogens with one attached hydrogen (secondary N) is 2. The highest BCUT2D eigenvalue weighted by molar-refractivity contribution is 7.98. The molecule has 2 aromatic heterocycles. The fraction of sp³-hybridized carbons (Fsp3) is 0.125. The molecule has 3 N–H and O–H groups in total. The third-order valence-corrected chi connectivity index (χ3v) is 6.51. The minimum Gasteiger partial charge on any atom is -0.456 e. The Bertz CT molecular complexity index is 1540. The zero-order chi connectivity index (χ0) is 26.0. The number of aryl methyl sites for hydroxylation is 1. The van der Waals surface area contributed by atoms with E-state index in [9.17, 15) is 22.9 Å². The lowest BCUT2D eigenvalue weighted by Crippen LogP contribution is -2.20. The van der Waals surface area contributed by atoms with Crippen LogP contribution in [-0.4, -0.2) is 34.0 Å². The third kappa shape index (κ3) is 6.08. The number of thiophene rings is 1. The monoisotopic (exact) mass is 532 g/mol. The Morgan fingerprint density at radius 3 is 2.50 bits per heavy atom. The topological polar surface area (TPSA) is 113 Å². The van der Waals surface area contributed by atoms with Crippen LogP contribution in [0.1, 0.15) is 15.2 Å². The lowest BCUT2D eigenvalue weighted by atomic mass is 10.2. The van der Waals surface area contributed by atoms with Crippen molar-refractivity contribution in [3.8, 4) is 11.5 Å². The molecule has 0 saturated heterocycles. The predicted octanol–water partition coefficient (Wildman–Crippen LogP) is 6.26. The molecule has 4 rings (SSSR count). The van der Waals surface area contributed by atoms with Crippen molar-refractivity contribution in [2.24, 2.45) is 4.36 Å². The van der Waals surface area contributed by atoms with E-state index >= 15 is 0 Å². The van der Waals surface area contributed by atoms with Crippen LogP contribution in [0.2, 0.25) is 0 Å². The van der Waals surface area contributed by atoms with Gasteiger partial charge in [0, 0.05) is 18.3 Å². The molecule has 0 aliphatic heterocycles. The SMILES string of the molecule is Cc1ccc(F)c(NC(=O)Nc2ccc(Oc3ccnc4cc(C(=O)N=[SH](C)(C)O)sc34)cc2F)c1. The van der Waals surface area contributed by atoms with Crippen molar-refractivity contribution in [2.75, 3.05) is 23.1 Å². The fourth-order valence-corrected chi connectivity index (χ4v) is 4.74. The maximum Gasteiger partial charge on any atom is 0.323 e. The molecule has 0 fully saturated rings.